The molecule has 0 spiro atoms. The number of rotatable bonds is 3. The Morgan fingerprint density at radius 1 is 1.37 bits per heavy atom. The second-order valence-electron chi connectivity index (χ2n) is 5.55. The Morgan fingerprint density at radius 3 is 2.42 bits per heavy atom. The Bertz CT molecular complexity index is 454. The molecule has 0 aliphatic carbocycles. The van der Waals surface area contributed by atoms with E-state index in [1.807, 2.05) is 0 Å². The maximum Gasteiger partial charge on any atom is 0.411 e. The van der Waals surface area contributed by atoms with Gasteiger partial charge in [-0.3, -0.25) is 9.88 Å². The van der Waals surface area contributed by atoms with Crippen molar-refractivity contribution in [2.24, 2.45) is 0 Å². The number of amides is 1. The van der Waals surface area contributed by atoms with Crippen molar-refractivity contribution in [3.8, 4) is 0 Å². The molecule has 0 aliphatic heterocycles. The topological polar surface area (TPSA) is 59.5 Å². The number of hydrogen-bond acceptors (Lipinski definition) is 4. The van der Waals surface area contributed by atoms with Crippen molar-refractivity contribution in [1.29, 1.82) is 0 Å². The van der Waals surface area contributed by atoms with Gasteiger partial charge in [0.1, 0.15) is 17.4 Å². The molecule has 0 N–H and O–H groups in total. The largest absolute Gasteiger partial charge is 0.444 e. The molecule has 0 aliphatic rings. The SMILES string of the molecule is CN(C(=O)OC(C)(C)C)C(C)(C=O)c1cccnc1. The summed E-state index contributed by atoms with van der Waals surface area (Å²) in [5.41, 5.74) is -1.07. The fourth-order valence-electron chi connectivity index (χ4n) is 1.52. The normalized spacial score (nSPS) is 14.4. The molecule has 1 atom stereocenters. The van der Waals surface area contributed by atoms with E-state index in [1.54, 1.807) is 52.2 Å². The maximum atomic E-state index is 12.1. The average Bonchev–Trinajstić information content (AvgIpc) is 2.36. The van der Waals surface area contributed by atoms with E-state index in [1.165, 1.54) is 11.9 Å². The molecule has 0 aromatic carbocycles. The summed E-state index contributed by atoms with van der Waals surface area (Å²) < 4.78 is 5.28. The molecule has 104 valence electrons. The van der Waals surface area contributed by atoms with E-state index in [-0.39, 0.29) is 0 Å². The van der Waals surface area contributed by atoms with E-state index in [4.69, 9.17) is 4.74 Å². The molecular formula is C14H20N2O3. The van der Waals surface area contributed by atoms with Crippen molar-refractivity contribution < 1.29 is 14.3 Å². The average molecular weight is 264 g/mol. The summed E-state index contributed by atoms with van der Waals surface area (Å²) in [6.07, 6.45) is 3.34. The van der Waals surface area contributed by atoms with E-state index in [0.29, 0.717) is 11.8 Å². The van der Waals surface area contributed by atoms with Gasteiger partial charge >= 0.3 is 6.09 Å². The third-order valence-electron chi connectivity index (χ3n) is 2.84. The number of aldehydes is 1. The monoisotopic (exact) mass is 264 g/mol. The molecule has 1 heterocycles. The molecule has 0 bridgehead atoms. The number of hydrogen-bond donors (Lipinski definition) is 0. The highest BCUT2D eigenvalue weighted by atomic mass is 16.6. The van der Waals surface area contributed by atoms with Crippen LogP contribution in [0.1, 0.15) is 33.3 Å². The lowest BCUT2D eigenvalue weighted by Crippen LogP contribution is -2.48. The van der Waals surface area contributed by atoms with Gasteiger partial charge in [-0.05, 0) is 33.8 Å². The minimum atomic E-state index is -1.10. The minimum Gasteiger partial charge on any atom is -0.444 e. The lowest BCUT2D eigenvalue weighted by molar-refractivity contribution is -0.117. The molecule has 1 unspecified atom stereocenters. The molecule has 1 aromatic rings. The first-order valence-corrected chi connectivity index (χ1v) is 6.04. The van der Waals surface area contributed by atoms with Gasteiger partial charge in [0, 0.05) is 25.0 Å². The predicted octanol–water partition coefficient (Wildman–Crippen LogP) is 2.36. The number of ether oxygens (including phenoxy) is 1. The Hall–Kier alpha value is -1.91. The van der Waals surface area contributed by atoms with E-state index < -0.39 is 17.2 Å². The first-order valence-electron chi connectivity index (χ1n) is 6.04. The summed E-state index contributed by atoms with van der Waals surface area (Å²) in [6.45, 7) is 6.99. The maximum absolute atomic E-state index is 12.1. The van der Waals surface area contributed by atoms with Gasteiger partial charge in [0.25, 0.3) is 0 Å². The van der Waals surface area contributed by atoms with Gasteiger partial charge in [-0.25, -0.2) is 4.79 Å². The lowest BCUT2D eigenvalue weighted by Gasteiger charge is -2.35. The zero-order chi connectivity index (χ0) is 14.7. The van der Waals surface area contributed by atoms with Gasteiger partial charge in [0.05, 0.1) is 0 Å². The highest BCUT2D eigenvalue weighted by Crippen LogP contribution is 2.25. The first-order chi connectivity index (χ1) is 8.70. The summed E-state index contributed by atoms with van der Waals surface area (Å²) in [4.78, 5) is 28.8. The summed E-state index contributed by atoms with van der Waals surface area (Å²) in [7, 11) is 1.54. The number of pyridine rings is 1. The Balaban J connectivity index is 3.03. The third-order valence-corrected chi connectivity index (χ3v) is 2.84. The minimum absolute atomic E-state index is 0.550. The molecular weight excluding hydrogens is 244 g/mol. The predicted molar refractivity (Wildman–Crippen MR) is 71.7 cm³/mol. The van der Waals surface area contributed by atoms with Crippen molar-refractivity contribution in [3.05, 3.63) is 30.1 Å². The van der Waals surface area contributed by atoms with Crippen LogP contribution in [0.4, 0.5) is 4.79 Å². The zero-order valence-electron chi connectivity index (χ0n) is 12.0. The van der Waals surface area contributed by atoms with Gasteiger partial charge < -0.3 is 9.53 Å². The highest BCUT2D eigenvalue weighted by molar-refractivity contribution is 5.77. The van der Waals surface area contributed by atoms with Crippen LogP contribution in [0.25, 0.3) is 0 Å². The summed E-state index contributed by atoms with van der Waals surface area (Å²) in [5, 5.41) is 0. The van der Waals surface area contributed by atoms with Gasteiger partial charge in [-0.15, -0.1) is 0 Å². The smallest absolute Gasteiger partial charge is 0.411 e. The molecule has 0 saturated carbocycles. The molecule has 19 heavy (non-hydrogen) atoms. The van der Waals surface area contributed by atoms with Crippen molar-refractivity contribution in [3.63, 3.8) is 0 Å². The quantitative estimate of drug-likeness (QED) is 0.786. The fraction of sp³-hybridized carbons (Fsp3) is 0.500. The Kier molecular flexibility index (Phi) is 4.29. The summed E-state index contributed by atoms with van der Waals surface area (Å²) in [5.74, 6) is 0. The Morgan fingerprint density at radius 2 is 2.00 bits per heavy atom. The zero-order valence-corrected chi connectivity index (χ0v) is 12.0. The number of likely N-dealkylation sites (N-methyl/N-ethyl adjacent to an activating group) is 1. The van der Waals surface area contributed by atoms with Crippen LogP contribution in [0.15, 0.2) is 24.5 Å². The second kappa shape index (κ2) is 5.38. The van der Waals surface area contributed by atoms with Gasteiger partial charge in [0.2, 0.25) is 0 Å². The van der Waals surface area contributed by atoms with Gasteiger partial charge in [-0.2, -0.15) is 0 Å². The van der Waals surface area contributed by atoms with Gasteiger partial charge in [0.15, 0.2) is 0 Å². The molecule has 0 radical (unpaired) electrons. The van der Waals surface area contributed by atoms with E-state index in [2.05, 4.69) is 4.98 Å². The van der Waals surface area contributed by atoms with Crippen LogP contribution in [0.3, 0.4) is 0 Å². The van der Waals surface area contributed by atoms with Crippen LogP contribution >= 0.6 is 0 Å². The van der Waals surface area contributed by atoms with E-state index in [0.717, 1.165) is 0 Å². The molecule has 1 amide bonds. The number of carbonyl (C=O) groups excluding carboxylic acids is 2. The fourth-order valence-corrected chi connectivity index (χ4v) is 1.52. The first kappa shape index (κ1) is 15.1. The number of aromatic nitrogens is 1. The lowest BCUT2D eigenvalue weighted by atomic mass is 9.94. The molecule has 0 saturated heterocycles. The van der Waals surface area contributed by atoms with Crippen molar-refractivity contribution >= 4 is 12.4 Å². The Labute approximate surface area is 113 Å². The van der Waals surface area contributed by atoms with E-state index in [9.17, 15) is 9.59 Å². The molecule has 0 fully saturated rings. The van der Waals surface area contributed by atoms with E-state index >= 15 is 0 Å². The highest BCUT2D eigenvalue weighted by Gasteiger charge is 2.36. The standard InChI is InChI=1S/C14H20N2O3/c1-13(2,3)19-12(18)16(5)14(4,10-17)11-7-6-8-15-9-11/h6-10H,1-5H3. The van der Waals surface area contributed by atoms with Gasteiger partial charge in [-0.1, -0.05) is 6.07 Å². The molecule has 1 rings (SSSR count). The van der Waals surface area contributed by atoms with Crippen LogP contribution in [0.5, 0.6) is 0 Å². The third kappa shape index (κ3) is 3.53. The second-order valence-corrected chi connectivity index (χ2v) is 5.55. The van der Waals surface area contributed by atoms with Crippen LogP contribution in [-0.2, 0) is 15.1 Å². The van der Waals surface area contributed by atoms with Crippen LogP contribution < -0.4 is 0 Å². The van der Waals surface area contributed by atoms with Crippen molar-refractivity contribution in [1.82, 2.24) is 9.88 Å². The van der Waals surface area contributed by atoms with Crippen LogP contribution in [0, 0.1) is 0 Å². The number of nitrogens with zero attached hydrogens (tertiary/aromatic N) is 2. The summed E-state index contributed by atoms with van der Waals surface area (Å²) >= 11 is 0. The summed E-state index contributed by atoms with van der Waals surface area (Å²) in [6, 6.07) is 3.47. The number of carbonyl (C=O) groups is 2. The molecule has 5 heteroatoms. The molecule has 1 aromatic heterocycles. The van der Waals surface area contributed by atoms with Crippen LogP contribution in [0.2, 0.25) is 0 Å². The van der Waals surface area contributed by atoms with Crippen LogP contribution in [-0.4, -0.2) is 34.9 Å². The van der Waals surface area contributed by atoms with Crippen molar-refractivity contribution in [2.45, 2.75) is 38.8 Å². The van der Waals surface area contributed by atoms with Crippen molar-refractivity contribution in [2.75, 3.05) is 7.05 Å². The molecule has 5 nitrogen and oxygen atoms in total.